The number of hydrogen-bond acceptors (Lipinski definition) is 4. The SMILES string of the molecule is C/C(CC(=O)NC1CCCCCCC1)=N/NC(=O)COc1ccc(Cl)cc1. The van der Waals surface area contributed by atoms with E-state index in [0.29, 0.717) is 16.5 Å². The number of benzene rings is 1. The lowest BCUT2D eigenvalue weighted by Crippen LogP contribution is -2.36. The Morgan fingerprint density at radius 3 is 2.37 bits per heavy atom. The molecule has 1 saturated carbocycles. The average Bonchev–Trinajstić information content (AvgIpc) is 2.61. The monoisotopic (exact) mass is 393 g/mol. The van der Waals surface area contributed by atoms with Gasteiger partial charge in [-0.05, 0) is 44.0 Å². The second kappa shape index (κ2) is 11.6. The first-order chi connectivity index (χ1) is 13.0. The molecule has 1 aromatic carbocycles. The molecule has 0 radical (unpaired) electrons. The summed E-state index contributed by atoms with van der Waals surface area (Å²) in [6.45, 7) is 1.56. The van der Waals surface area contributed by atoms with Gasteiger partial charge < -0.3 is 10.1 Å². The van der Waals surface area contributed by atoms with Crippen LogP contribution in [0.1, 0.15) is 58.3 Å². The highest BCUT2D eigenvalue weighted by Gasteiger charge is 2.14. The van der Waals surface area contributed by atoms with Crippen molar-refractivity contribution >= 4 is 29.1 Å². The van der Waals surface area contributed by atoms with Crippen LogP contribution in [0.25, 0.3) is 0 Å². The Balaban J connectivity index is 1.68. The number of carbonyl (C=O) groups excluding carboxylic acids is 2. The highest BCUT2D eigenvalue weighted by Crippen LogP contribution is 2.17. The predicted molar refractivity (Wildman–Crippen MR) is 107 cm³/mol. The molecule has 0 bridgehead atoms. The third-order valence-electron chi connectivity index (χ3n) is 4.44. The van der Waals surface area contributed by atoms with Crippen LogP contribution in [0.5, 0.6) is 5.75 Å². The summed E-state index contributed by atoms with van der Waals surface area (Å²) in [4.78, 5) is 24.0. The van der Waals surface area contributed by atoms with E-state index in [1.165, 1.54) is 32.1 Å². The maximum Gasteiger partial charge on any atom is 0.277 e. The zero-order valence-electron chi connectivity index (χ0n) is 15.8. The number of rotatable bonds is 7. The third-order valence-corrected chi connectivity index (χ3v) is 4.69. The van der Waals surface area contributed by atoms with E-state index in [9.17, 15) is 9.59 Å². The fourth-order valence-corrected chi connectivity index (χ4v) is 3.15. The Kier molecular flexibility index (Phi) is 9.11. The van der Waals surface area contributed by atoms with Crippen LogP contribution >= 0.6 is 11.6 Å². The molecule has 2 N–H and O–H groups in total. The van der Waals surface area contributed by atoms with Gasteiger partial charge in [-0.25, -0.2) is 5.43 Å². The van der Waals surface area contributed by atoms with Gasteiger partial charge in [0.05, 0.1) is 6.42 Å². The highest BCUT2D eigenvalue weighted by molar-refractivity contribution is 6.30. The first-order valence-electron chi connectivity index (χ1n) is 9.52. The molecule has 0 unspecified atom stereocenters. The van der Waals surface area contributed by atoms with Gasteiger partial charge in [0.15, 0.2) is 6.61 Å². The number of nitrogens with zero attached hydrogens (tertiary/aromatic N) is 1. The van der Waals surface area contributed by atoms with E-state index < -0.39 is 0 Å². The number of nitrogens with one attached hydrogen (secondary N) is 2. The minimum absolute atomic E-state index is 0.0477. The molecule has 0 heterocycles. The van der Waals surface area contributed by atoms with E-state index in [-0.39, 0.29) is 30.9 Å². The quantitative estimate of drug-likeness (QED) is 0.545. The lowest BCUT2D eigenvalue weighted by molar-refractivity contribution is -0.123. The molecular formula is C20H28ClN3O3. The first-order valence-corrected chi connectivity index (χ1v) is 9.90. The van der Waals surface area contributed by atoms with Gasteiger partial charge in [-0.3, -0.25) is 9.59 Å². The van der Waals surface area contributed by atoms with Crippen LogP contribution in [0, 0.1) is 0 Å². The molecule has 1 aliphatic rings. The highest BCUT2D eigenvalue weighted by atomic mass is 35.5. The molecule has 0 saturated heterocycles. The number of carbonyl (C=O) groups is 2. The van der Waals surface area contributed by atoms with E-state index in [1.807, 2.05) is 0 Å². The van der Waals surface area contributed by atoms with Crippen LogP contribution in [0.3, 0.4) is 0 Å². The molecule has 27 heavy (non-hydrogen) atoms. The summed E-state index contributed by atoms with van der Waals surface area (Å²) in [5.74, 6) is 0.118. The molecule has 0 aliphatic heterocycles. The van der Waals surface area contributed by atoms with E-state index in [4.69, 9.17) is 16.3 Å². The van der Waals surface area contributed by atoms with Crippen molar-refractivity contribution in [2.45, 2.75) is 64.3 Å². The molecule has 1 aromatic rings. The van der Waals surface area contributed by atoms with Gasteiger partial charge in [0, 0.05) is 16.8 Å². The zero-order chi connectivity index (χ0) is 19.5. The van der Waals surface area contributed by atoms with Crippen molar-refractivity contribution in [3.63, 3.8) is 0 Å². The van der Waals surface area contributed by atoms with Crippen molar-refractivity contribution in [3.8, 4) is 5.75 Å². The summed E-state index contributed by atoms with van der Waals surface area (Å²) >= 11 is 5.79. The van der Waals surface area contributed by atoms with Crippen LogP contribution < -0.4 is 15.5 Å². The Bertz CT molecular complexity index is 638. The van der Waals surface area contributed by atoms with Crippen LogP contribution in [0.2, 0.25) is 5.02 Å². The Morgan fingerprint density at radius 2 is 1.70 bits per heavy atom. The van der Waals surface area contributed by atoms with E-state index >= 15 is 0 Å². The number of hydrazone groups is 1. The molecule has 148 valence electrons. The molecule has 1 aliphatic carbocycles. The van der Waals surface area contributed by atoms with Crippen LogP contribution in [-0.2, 0) is 9.59 Å². The lowest BCUT2D eigenvalue weighted by Gasteiger charge is -2.21. The summed E-state index contributed by atoms with van der Waals surface area (Å²) in [5, 5.41) is 7.66. The lowest BCUT2D eigenvalue weighted by atomic mass is 9.96. The van der Waals surface area contributed by atoms with Crippen LogP contribution in [0.15, 0.2) is 29.4 Å². The second-order valence-corrected chi connectivity index (χ2v) is 7.35. The van der Waals surface area contributed by atoms with Crippen molar-refractivity contribution in [2.75, 3.05) is 6.61 Å². The zero-order valence-corrected chi connectivity index (χ0v) is 16.6. The third kappa shape index (κ3) is 8.91. The van der Waals surface area contributed by atoms with Crippen molar-refractivity contribution in [3.05, 3.63) is 29.3 Å². The molecule has 0 aromatic heterocycles. The number of halogens is 1. The maximum atomic E-state index is 12.2. The van der Waals surface area contributed by atoms with Gasteiger partial charge in [0.25, 0.3) is 5.91 Å². The summed E-state index contributed by atoms with van der Waals surface area (Å²) in [6.07, 6.45) is 8.39. The summed E-state index contributed by atoms with van der Waals surface area (Å²) in [5.41, 5.74) is 2.96. The second-order valence-electron chi connectivity index (χ2n) is 6.91. The maximum absolute atomic E-state index is 12.2. The Morgan fingerprint density at radius 1 is 1.07 bits per heavy atom. The van der Waals surface area contributed by atoms with Gasteiger partial charge in [0.1, 0.15) is 5.75 Å². The minimum atomic E-state index is -0.385. The van der Waals surface area contributed by atoms with Gasteiger partial charge in [-0.1, -0.05) is 43.7 Å². The Labute approximate surface area is 165 Å². The molecule has 1 fully saturated rings. The molecule has 7 heteroatoms. The fraction of sp³-hybridized carbons (Fsp3) is 0.550. The number of hydrogen-bond donors (Lipinski definition) is 2. The van der Waals surface area contributed by atoms with Crippen LogP contribution in [0.4, 0.5) is 0 Å². The van der Waals surface area contributed by atoms with Gasteiger partial charge in [-0.2, -0.15) is 5.10 Å². The molecule has 0 atom stereocenters. The van der Waals surface area contributed by atoms with Crippen molar-refractivity contribution in [1.29, 1.82) is 0 Å². The van der Waals surface area contributed by atoms with Crippen molar-refractivity contribution < 1.29 is 14.3 Å². The van der Waals surface area contributed by atoms with Gasteiger partial charge in [-0.15, -0.1) is 0 Å². The van der Waals surface area contributed by atoms with Crippen molar-refractivity contribution in [2.24, 2.45) is 5.10 Å². The summed E-state index contributed by atoms with van der Waals surface area (Å²) in [7, 11) is 0. The van der Waals surface area contributed by atoms with Crippen molar-refractivity contribution in [1.82, 2.24) is 10.7 Å². The van der Waals surface area contributed by atoms with Gasteiger partial charge >= 0.3 is 0 Å². The van der Waals surface area contributed by atoms with E-state index in [1.54, 1.807) is 31.2 Å². The summed E-state index contributed by atoms with van der Waals surface area (Å²) < 4.78 is 5.34. The minimum Gasteiger partial charge on any atom is -0.484 e. The standard InChI is InChI=1S/C20H28ClN3O3/c1-15(13-19(25)22-17-7-5-3-2-4-6-8-17)23-24-20(26)14-27-18-11-9-16(21)10-12-18/h9-12,17H,2-8,13-14H2,1H3,(H,22,25)(H,24,26)/b23-15-. The topological polar surface area (TPSA) is 79.8 Å². The molecular weight excluding hydrogens is 366 g/mol. The predicted octanol–water partition coefficient (Wildman–Crippen LogP) is 3.83. The molecule has 0 spiro atoms. The van der Waals surface area contributed by atoms with E-state index in [2.05, 4.69) is 15.8 Å². The normalized spacial score (nSPS) is 16.1. The Hall–Kier alpha value is -2.08. The largest absolute Gasteiger partial charge is 0.484 e. The number of ether oxygens (including phenoxy) is 1. The van der Waals surface area contributed by atoms with E-state index in [0.717, 1.165) is 12.8 Å². The molecule has 6 nitrogen and oxygen atoms in total. The van der Waals surface area contributed by atoms with Crippen LogP contribution in [-0.4, -0.2) is 30.2 Å². The molecule has 2 amide bonds. The summed E-state index contributed by atoms with van der Waals surface area (Å²) in [6, 6.07) is 7.00. The number of amides is 2. The molecule has 2 rings (SSSR count). The van der Waals surface area contributed by atoms with Gasteiger partial charge in [0.2, 0.25) is 5.91 Å². The smallest absolute Gasteiger partial charge is 0.277 e. The average molecular weight is 394 g/mol. The first kappa shape index (κ1) is 21.2. The fourth-order valence-electron chi connectivity index (χ4n) is 3.02.